The van der Waals surface area contributed by atoms with E-state index in [1.54, 1.807) is 0 Å². The number of nitrogens with two attached hydrogens (primary N) is 1. The van der Waals surface area contributed by atoms with Crippen LogP contribution in [-0.2, 0) is 6.42 Å². The molecule has 0 amide bonds. The van der Waals surface area contributed by atoms with Crippen molar-refractivity contribution < 1.29 is 0 Å². The van der Waals surface area contributed by atoms with E-state index in [-0.39, 0.29) is 0 Å². The minimum atomic E-state index is 0.678. The van der Waals surface area contributed by atoms with E-state index in [4.69, 9.17) is 17.3 Å². The largest absolute Gasteiger partial charge is 0.330 e. The number of hydrogen-bond donors (Lipinski definition) is 1. The van der Waals surface area contributed by atoms with Gasteiger partial charge in [-0.2, -0.15) is 0 Å². The summed E-state index contributed by atoms with van der Waals surface area (Å²) in [6.07, 6.45) is 2.07. The quantitative estimate of drug-likeness (QED) is 0.784. The van der Waals surface area contributed by atoms with E-state index in [1.807, 2.05) is 17.8 Å². The molecule has 1 nitrogen and oxygen atoms in total. The highest BCUT2D eigenvalue weighted by Crippen LogP contribution is 2.28. The van der Waals surface area contributed by atoms with Crippen LogP contribution in [0.15, 0.2) is 23.1 Å². The molecular weight excluding hydrogens is 214 g/mol. The van der Waals surface area contributed by atoms with Crippen LogP contribution in [-0.4, -0.2) is 12.3 Å². The van der Waals surface area contributed by atoms with Gasteiger partial charge in [-0.1, -0.05) is 24.6 Å². The molecule has 0 atom stereocenters. The van der Waals surface area contributed by atoms with Gasteiger partial charge in [-0.15, -0.1) is 11.8 Å². The number of rotatable bonds is 5. The molecule has 0 aliphatic rings. The van der Waals surface area contributed by atoms with Gasteiger partial charge >= 0.3 is 0 Å². The van der Waals surface area contributed by atoms with E-state index < -0.39 is 0 Å². The molecule has 1 rings (SSSR count). The molecule has 0 heterocycles. The van der Waals surface area contributed by atoms with Crippen molar-refractivity contribution in [1.29, 1.82) is 0 Å². The number of thioether (sulfide) groups is 1. The van der Waals surface area contributed by atoms with Gasteiger partial charge < -0.3 is 5.73 Å². The van der Waals surface area contributed by atoms with Gasteiger partial charge in [-0.3, -0.25) is 0 Å². The minimum Gasteiger partial charge on any atom is -0.330 e. The van der Waals surface area contributed by atoms with Crippen LogP contribution in [0.2, 0.25) is 5.02 Å². The van der Waals surface area contributed by atoms with Crippen LogP contribution < -0.4 is 5.73 Å². The van der Waals surface area contributed by atoms with Gasteiger partial charge in [-0.05, 0) is 42.8 Å². The Labute approximate surface area is 95.0 Å². The monoisotopic (exact) mass is 229 g/mol. The van der Waals surface area contributed by atoms with Crippen LogP contribution >= 0.6 is 23.4 Å². The molecule has 0 saturated carbocycles. The lowest BCUT2D eigenvalue weighted by Gasteiger charge is -2.05. The van der Waals surface area contributed by atoms with Crippen LogP contribution in [0, 0.1) is 0 Å². The van der Waals surface area contributed by atoms with Crippen molar-refractivity contribution in [3.05, 3.63) is 28.8 Å². The van der Waals surface area contributed by atoms with E-state index in [2.05, 4.69) is 19.1 Å². The zero-order valence-corrected chi connectivity index (χ0v) is 10.00. The van der Waals surface area contributed by atoms with Crippen molar-refractivity contribution in [3.63, 3.8) is 0 Å². The van der Waals surface area contributed by atoms with E-state index >= 15 is 0 Å². The van der Waals surface area contributed by atoms with Gasteiger partial charge in [-0.25, -0.2) is 0 Å². The smallest absolute Gasteiger partial charge is 0.0544 e. The van der Waals surface area contributed by atoms with E-state index in [9.17, 15) is 0 Å². The second-order valence-electron chi connectivity index (χ2n) is 3.15. The highest BCUT2D eigenvalue weighted by atomic mass is 35.5. The topological polar surface area (TPSA) is 26.0 Å². The summed E-state index contributed by atoms with van der Waals surface area (Å²) in [5.74, 6) is 1.12. The Morgan fingerprint density at radius 2 is 2.21 bits per heavy atom. The van der Waals surface area contributed by atoms with E-state index in [0.717, 1.165) is 17.2 Å². The molecule has 0 unspecified atom stereocenters. The third-order valence-corrected chi connectivity index (χ3v) is 3.60. The Kier molecular flexibility index (Phi) is 5.38. The molecule has 1 aromatic carbocycles. The average Bonchev–Trinajstić information content (AvgIpc) is 2.17. The van der Waals surface area contributed by atoms with Crippen molar-refractivity contribution in [1.82, 2.24) is 0 Å². The Morgan fingerprint density at radius 1 is 1.43 bits per heavy atom. The van der Waals surface area contributed by atoms with Gasteiger partial charge in [0.1, 0.15) is 0 Å². The molecule has 0 bridgehead atoms. The number of benzene rings is 1. The first-order valence-electron chi connectivity index (χ1n) is 4.89. The Morgan fingerprint density at radius 3 is 2.79 bits per heavy atom. The fourth-order valence-electron chi connectivity index (χ4n) is 1.20. The maximum absolute atomic E-state index is 6.14. The molecule has 0 aliphatic carbocycles. The standard InChI is InChI=1S/C11H16ClNS/c1-2-7-14-11-4-3-9(5-6-13)8-10(11)12/h3-4,8H,2,5-7,13H2,1H3. The molecule has 14 heavy (non-hydrogen) atoms. The Bertz CT molecular complexity index is 289. The molecule has 0 aliphatic heterocycles. The Hall–Kier alpha value is -0.180. The molecule has 0 aromatic heterocycles. The SMILES string of the molecule is CCCSc1ccc(CCN)cc1Cl. The molecular formula is C11H16ClNS. The summed E-state index contributed by atoms with van der Waals surface area (Å²) in [5.41, 5.74) is 6.70. The zero-order valence-electron chi connectivity index (χ0n) is 8.42. The fourth-order valence-corrected chi connectivity index (χ4v) is 2.35. The molecule has 1 aromatic rings. The summed E-state index contributed by atoms with van der Waals surface area (Å²) in [4.78, 5) is 1.18. The van der Waals surface area contributed by atoms with Crippen molar-refractivity contribution in [3.8, 4) is 0 Å². The zero-order chi connectivity index (χ0) is 10.4. The third-order valence-electron chi connectivity index (χ3n) is 1.89. The van der Waals surface area contributed by atoms with Gasteiger partial charge in [0.15, 0.2) is 0 Å². The lowest BCUT2D eigenvalue weighted by Crippen LogP contribution is -2.02. The van der Waals surface area contributed by atoms with Crippen molar-refractivity contribution >= 4 is 23.4 Å². The maximum atomic E-state index is 6.14. The second-order valence-corrected chi connectivity index (χ2v) is 4.70. The van der Waals surface area contributed by atoms with Gasteiger partial charge in [0.05, 0.1) is 5.02 Å². The molecule has 78 valence electrons. The molecule has 0 fully saturated rings. The predicted octanol–water partition coefficient (Wildman–Crippen LogP) is 3.34. The highest BCUT2D eigenvalue weighted by molar-refractivity contribution is 7.99. The molecule has 3 heteroatoms. The normalized spacial score (nSPS) is 10.5. The first kappa shape index (κ1) is 11.9. The average molecular weight is 230 g/mol. The summed E-state index contributed by atoms with van der Waals surface area (Å²) in [7, 11) is 0. The number of halogens is 1. The summed E-state index contributed by atoms with van der Waals surface area (Å²) in [5, 5.41) is 0.856. The summed E-state index contributed by atoms with van der Waals surface area (Å²) in [6, 6.07) is 6.22. The minimum absolute atomic E-state index is 0.678. The summed E-state index contributed by atoms with van der Waals surface area (Å²) >= 11 is 7.95. The number of hydrogen-bond acceptors (Lipinski definition) is 2. The van der Waals surface area contributed by atoms with E-state index in [0.29, 0.717) is 6.54 Å². The van der Waals surface area contributed by atoms with Gasteiger partial charge in [0, 0.05) is 4.90 Å². The van der Waals surface area contributed by atoms with E-state index in [1.165, 1.54) is 16.9 Å². The third kappa shape index (κ3) is 3.52. The van der Waals surface area contributed by atoms with Crippen LogP contribution in [0.5, 0.6) is 0 Å². The maximum Gasteiger partial charge on any atom is 0.0544 e. The fraction of sp³-hybridized carbons (Fsp3) is 0.455. The lowest BCUT2D eigenvalue weighted by atomic mass is 10.1. The first-order chi connectivity index (χ1) is 6.77. The summed E-state index contributed by atoms with van der Waals surface area (Å²) < 4.78 is 0. The molecule has 0 spiro atoms. The molecule has 0 radical (unpaired) electrons. The van der Waals surface area contributed by atoms with Crippen molar-refractivity contribution in [2.45, 2.75) is 24.7 Å². The van der Waals surface area contributed by atoms with Crippen LogP contribution in [0.3, 0.4) is 0 Å². The van der Waals surface area contributed by atoms with Gasteiger partial charge in [0.2, 0.25) is 0 Å². The van der Waals surface area contributed by atoms with Crippen molar-refractivity contribution in [2.24, 2.45) is 5.73 Å². The Balaban J connectivity index is 2.68. The first-order valence-corrected chi connectivity index (χ1v) is 6.25. The van der Waals surface area contributed by atoms with Crippen LogP contribution in [0.25, 0.3) is 0 Å². The van der Waals surface area contributed by atoms with Crippen LogP contribution in [0.4, 0.5) is 0 Å². The highest BCUT2D eigenvalue weighted by Gasteiger charge is 2.01. The predicted molar refractivity (Wildman–Crippen MR) is 65.2 cm³/mol. The lowest BCUT2D eigenvalue weighted by molar-refractivity contribution is 0.966. The second kappa shape index (κ2) is 6.33. The molecule has 2 N–H and O–H groups in total. The van der Waals surface area contributed by atoms with Gasteiger partial charge in [0.25, 0.3) is 0 Å². The van der Waals surface area contributed by atoms with Crippen LogP contribution in [0.1, 0.15) is 18.9 Å². The van der Waals surface area contributed by atoms with Crippen molar-refractivity contribution in [2.75, 3.05) is 12.3 Å². The summed E-state index contributed by atoms with van der Waals surface area (Å²) in [6.45, 7) is 2.85. The molecule has 0 saturated heterocycles.